The number of fused-ring (bicyclic) bond motifs is 1. The third kappa shape index (κ3) is 2.68. The number of hydrogen-bond acceptors (Lipinski definition) is 4. The summed E-state index contributed by atoms with van der Waals surface area (Å²) in [5.41, 5.74) is 8.74. The van der Waals surface area contributed by atoms with Crippen molar-refractivity contribution in [1.29, 1.82) is 0 Å². The molecule has 1 unspecified atom stereocenters. The van der Waals surface area contributed by atoms with E-state index in [0.717, 1.165) is 29.9 Å². The summed E-state index contributed by atoms with van der Waals surface area (Å²) in [6.45, 7) is 4.80. The minimum atomic E-state index is -0.462. The van der Waals surface area contributed by atoms with Gasteiger partial charge >= 0.3 is 6.03 Å². The molecule has 1 aromatic rings. The number of imide groups is 1. The number of rotatable bonds is 3. The molecule has 0 bridgehead atoms. The molecule has 0 fully saturated rings. The largest absolute Gasteiger partial charge is 0.398 e. The van der Waals surface area contributed by atoms with Crippen molar-refractivity contribution < 1.29 is 9.59 Å². The first-order chi connectivity index (χ1) is 9.54. The first-order valence-corrected chi connectivity index (χ1v) is 6.77. The monoisotopic (exact) mass is 276 g/mol. The molecule has 2 rings (SSSR count). The Morgan fingerprint density at radius 3 is 2.90 bits per heavy atom. The Kier molecular flexibility index (Phi) is 4.12. The van der Waals surface area contributed by atoms with Crippen LogP contribution in [-0.2, 0) is 11.2 Å². The first kappa shape index (κ1) is 14.2. The molecule has 0 saturated carbocycles. The lowest BCUT2D eigenvalue weighted by atomic mass is 10.1. The van der Waals surface area contributed by atoms with Crippen molar-refractivity contribution >= 4 is 23.3 Å². The molecular weight excluding hydrogens is 256 g/mol. The molecule has 0 saturated heterocycles. The molecule has 4 N–H and O–H groups in total. The maximum absolute atomic E-state index is 12.1. The molecule has 0 aromatic heterocycles. The van der Waals surface area contributed by atoms with E-state index in [2.05, 4.69) is 10.6 Å². The number of nitrogen functional groups attached to an aromatic ring is 1. The third-order valence-corrected chi connectivity index (χ3v) is 3.52. The summed E-state index contributed by atoms with van der Waals surface area (Å²) in [7, 11) is 0. The highest BCUT2D eigenvalue weighted by atomic mass is 16.2. The summed E-state index contributed by atoms with van der Waals surface area (Å²) in [5, 5.41) is 4.88. The Hall–Kier alpha value is -2.24. The van der Waals surface area contributed by atoms with Crippen molar-refractivity contribution in [2.75, 3.05) is 23.7 Å². The maximum atomic E-state index is 12.1. The Bertz CT molecular complexity index is 530. The molecule has 0 aliphatic carbocycles. The van der Waals surface area contributed by atoms with Crippen LogP contribution in [0.5, 0.6) is 0 Å². The van der Waals surface area contributed by atoms with Gasteiger partial charge < -0.3 is 16.0 Å². The SMILES string of the molecule is CCNC(=O)NC(=O)C(C)N1CCc2c(N)cccc21. The number of amides is 3. The average Bonchev–Trinajstić information content (AvgIpc) is 2.83. The molecule has 20 heavy (non-hydrogen) atoms. The fourth-order valence-corrected chi connectivity index (χ4v) is 2.45. The Labute approximate surface area is 118 Å². The summed E-state index contributed by atoms with van der Waals surface area (Å²) < 4.78 is 0. The van der Waals surface area contributed by atoms with Crippen molar-refractivity contribution in [2.45, 2.75) is 26.3 Å². The minimum Gasteiger partial charge on any atom is -0.398 e. The van der Waals surface area contributed by atoms with Gasteiger partial charge in [0.1, 0.15) is 6.04 Å². The van der Waals surface area contributed by atoms with E-state index >= 15 is 0 Å². The Balaban J connectivity index is 2.09. The van der Waals surface area contributed by atoms with E-state index in [1.807, 2.05) is 23.1 Å². The smallest absolute Gasteiger partial charge is 0.321 e. The predicted molar refractivity (Wildman–Crippen MR) is 78.6 cm³/mol. The maximum Gasteiger partial charge on any atom is 0.321 e. The number of nitrogens with zero attached hydrogens (tertiary/aromatic N) is 1. The zero-order chi connectivity index (χ0) is 14.7. The van der Waals surface area contributed by atoms with Crippen LogP contribution in [0.15, 0.2) is 18.2 Å². The summed E-state index contributed by atoms with van der Waals surface area (Å²) >= 11 is 0. The van der Waals surface area contributed by atoms with Crippen LogP contribution in [0, 0.1) is 0 Å². The molecule has 6 nitrogen and oxygen atoms in total. The second-order valence-corrected chi connectivity index (χ2v) is 4.81. The van der Waals surface area contributed by atoms with E-state index in [1.54, 1.807) is 13.8 Å². The van der Waals surface area contributed by atoms with E-state index in [1.165, 1.54) is 0 Å². The Morgan fingerprint density at radius 1 is 1.45 bits per heavy atom. The number of anilines is 2. The first-order valence-electron chi connectivity index (χ1n) is 6.77. The number of nitrogens with one attached hydrogen (secondary N) is 2. The van der Waals surface area contributed by atoms with Crippen LogP contribution >= 0.6 is 0 Å². The standard InChI is InChI=1S/C14H20N4O2/c1-3-16-14(20)17-13(19)9(2)18-8-7-10-11(15)5-4-6-12(10)18/h4-6,9H,3,7-8,15H2,1-2H3,(H2,16,17,19,20). The molecule has 0 radical (unpaired) electrons. The second-order valence-electron chi connectivity index (χ2n) is 4.81. The van der Waals surface area contributed by atoms with Crippen LogP contribution in [0.1, 0.15) is 19.4 Å². The molecule has 3 amide bonds. The number of carbonyl (C=O) groups is 2. The molecule has 0 spiro atoms. The average molecular weight is 276 g/mol. The topological polar surface area (TPSA) is 87.5 Å². The van der Waals surface area contributed by atoms with E-state index < -0.39 is 12.1 Å². The highest BCUT2D eigenvalue weighted by molar-refractivity contribution is 5.98. The normalized spacial score (nSPS) is 14.6. The van der Waals surface area contributed by atoms with Crippen LogP contribution in [0.25, 0.3) is 0 Å². The van der Waals surface area contributed by atoms with Gasteiger partial charge in [0, 0.05) is 30.0 Å². The van der Waals surface area contributed by atoms with Crippen LogP contribution in [-0.4, -0.2) is 31.1 Å². The van der Waals surface area contributed by atoms with E-state index in [0.29, 0.717) is 6.54 Å². The lowest BCUT2D eigenvalue weighted by molar-refractivity contribution is -0.120. The summed E-state index contributed by atoms with van der Waals surface area (Å²) in [6, 6.07) is 4.81. The van der Waals surface area contributed by atoms with Crippen molar-refractivity contribution in [2.24, 2.45) is 0 Å². The highest BCUT2D eigenvalue weighted by Gasteiger charge is 2.29. The number of carbonyl (C=O) groups excluding carboxylic acids is 2. The van der Waals surface area contributed by atoms with Gasteiger partial charge in [-0.15, -0.1) is 0 Å². The van der Waals surface area contributed by atoms with E-state index in [9.17, 15) is 9.59 Å². The van der Waals surface area contributed by atoms with Crippen molar-refractivity contribution in [3.05, 3.63) is 23.8 Å². The van der Waals surface area contributed by atoms with Gasteiger partial charge in [-0.3, -0.25) is 10.1 Å². The van der Waals surface area contributed by atoms with Gasteiger partial charge in [0.05, 0.1) is 0 Å². The number of hydrogen-bond donors (Lipinski definition) is 3. The van der Waals surface area contributed by atoms with Crippen LogP contribution in [0.3, 0.4) is 0 Å². The van der Waals surface area contributed by atoms with Crippen LogP contribution < -0.4 is 21.3 Å². The lowest BCUT2D eigenvalue weighted by Gasteiger charge is -2.26. The summed E-state index contributed by atoms with van der Waals surface area (Å²) in [5.74, 6) is -0.314. The predicted octanol–water partition coefficient (Wildman–Crippen LogP) is 0.866. The lowest BCUT2D eigenvalue weighted by Crippen LogP contribution is -2.49. The van der Waals surface area contributed by atoms with Crippen molar-refractivity contribution in [3.8, 4) is 0 Å². The fourth-order valence-electron chi connectivity index (χ4n) is 2.45. The van der Waals surface area contributed by atoms with Crippen LogP contribution in [0.2, 0.25) is 0 Å². The molecule has 6 heteroatoms. The van der Waals surface area contributed by atoms with Crippen LogP contribution in [0.4, 0.5) is 16.2 Å². The molecule has 1 heterocycles. The number of urea groups is 1. The number of nitrogens with two attached hydrogens (primary N) is 1. The third-order valence-electron chi connectivity index (χ3n) is 3.52. The molecule has 1 aliphatic rings. The summed E-state index contributed by atoms with van der Waals surface area (Å²) in [6.07, 6.45) is 0.820. The van der Waals surface area contributed by atoms with Gasteiger partial charge in [-0.2, -0.15) is 0 Å². The molecule has 1 atom stereocenters. The second kappa shape index (κ2) is 5.81. The molecular formula is C14H20N4O2. The van der Waals surface area contributed by atoms with Gasteiger partial charge in [0.2, 0.25) is 5.91 Å². The van der Waals surface area contributed by atoms with Gasteiger partial charge in [0.15, 0.2) is 0 Å². The van der Waals surface area contributed by atoms with Crippen molar-refractivity contribution in [1.82, 2.24) is 10.6 Å². The summed E-state index contributed by atoms with van der Waals surface area (Å²) in [4.78, 5) is 25.4. The van der Waals surface area contributed by atoms with Gasteiger partial charge in [0.25, 0.3) is 0 Å². The van der Waals surface area contributed by atoms with Gasteiger partial charge in [-0.25, -0.2) is 4.79 Å². The van der Waals surface area contributed by atoms with Gasteiger partial charge in [-0.1, -0.05) is 6.07 Å². The Morgan fingerprint density at radius 2 is 2.20 bits per heavy atom. The fraction of sp³-hybridized carbons (Fsp3) is 0.429. The zero-order valence-corrected chi connectivity index (χ0v) is 11.8. The van der Waals surface area contributed by atoms with E-state index in [4.69, 9.17) is 5.73 Å². The molecule has 1 aromatic carbocycles. The highest BCUT2D eigenvalue weighted by Crippen LogP contribution is 2.33. The number of benzene rings is 1. The zero-order valence-electron chi connectivity index (χ0n) is 11.8. The quantitative estimate of drug-likeness (QED) is 0.715. The van der Waals surface area contributed by atoms with Gasteiger partial charge in [-0.05, 0) is 32.4 Å². The molecule has 108 valence electrons. The molecule has 1 aliphatic heterocycles. The minimum absolute atomic E-state index is 0.314. The van der Waals surface area contributed by atoms with Crippen molar-refractivity contribution in [3.63, 3.8) is 0 Å². The van der Waals surface area contributed by atoms with E-state index in [-0.39, 0.29) is 5.91 Å².